The first kappa shape index (κ1) is 31.3. The van der Waals surface area contributed by atoms with Crippen molar-refractivity contribution in [1.29, 1.82) is 0 Å². The van der Waals surface area contributed by atoms with Crippen molar-refractivity contribution >= 4 is 97.1 Å². The topological polar surface area (TPSA) is 18.5 Å². The minimum atomic E-state index is -0.535. The highest BCUT2D eigenvalue weighted by Gasteiger charge is 2.59. The molecule has 34 heavy (non-hydrogen) atoms. The number of benzene rings is 1. The van der Waals surface area contributed by atoms with Crippen molar-refractivity contribution in [3.8, 4) is 0 Å². The minimum absolute atomic E-state index is 0.0717. The van der Waals surface area contributed by atoms with Crippen LogP contribution in [0.25, 0.3) is 0 Å². The summed E-state index contributed by atoms with van der Waals surface area (Å²) < 4.78 is 27.6. The Kier molecular flexibility index (Phi) is 10.6. The van der Waals surface area contributed by atoms with Crippen LogP contribution in [0.2, 0.25) is 0 Å². The van der Waals surface area contributed by atoms with Crippen LogP contribution in [0.5, 0.6) is 0 Å². The number of halogens is 1. The van der Waals surface area contributed by atoms with Crippen LogP contribution in [0.4, 0.5) is 4.39 Å². The number of rotatable bonds is 1. The van der Waals surface area contributed by atoms with Gasteiger partial charge in [0.05, 0.1) is 11.2 Å². The molecule has 1 aromatic rings. The molecule has 2 nitrogen and oxygen atoms in total. The van der Waals surface area contributed by atoms with E-state index in [1.54, 1.807) is 50.5 Å². The molecule has 0 saturated carbocycles. The van der Waals surface area contributed by atoms with Gasteiger partial charge in [-0.05, 0) is 66.6 Å². The van der Waals surface area contributed by atoms with E-state index in [0.717, 1.165) is 16.6 Å². The van der Waals surface area contributed by atoms with Crippen molar-refractivity contribution in [3.63, 3.8) is 0 Å². The molecule has 1 fully saturated rings. The average molecular weight is 635 g/mol. The largest absolute Gasteiger partial charge is 0.494 e. The minimum Gasteiger partial charge on any atom is -0.399 e. The van der Waals surface area contributed by atoms with Crippen molar-refractivity contribution in [2.24, 2.45) is 5.41 Å². The molecule has 1 aliphatic carbocycles. The van der Waals surface area contributed by atoms with Crippen LogP contribution in [0.1, 0.15) is 80.4 Å². The molecular weight excluding hydrogens is 603 g/mol. The van der Waals surface area contributed by atoms with Crippen molar-refractivity contribution in [3.05, 3.63) is 29.1 Å². The van der Waals surface area contributed by atoms with E-state index < -0.39 is 18.3 Å². The molecule has 0 bridgehead atoms. The molecule has 192 valence electrons. The number of hydrogen-bond donors (Lipinski definition) is 0. The zero-order valence-electron chi connectivity index (χ0n) is 21.1. The molecule has 0 N–H and O–H groups in total. The zero-order valence-corrected chi connectivity index (χ0v) is 28.4. The van der Waals surface area contributed by atoms with Gasteiger partial charge in [0, 0.05) is 84.5 Å². The quantitative estimate of drug-likeness (QED) is 0.417. The van der Waals surface area contributed by atoms with Crippen LogP contribution in [0, 0.1) is 11.2 Å². The van der Waals surface area contributed by atoms with E-state index in [-0.39, 0.29) is 22.1 Å². The van der Waals surface area contributed by atoms with E-state index in [0.29, 0.717) is 0 Å². The third-order valence-corrected chi connectivity index (χ3v) is 21.6. The van der Waals surface area contributed by atoms with Crippen molar-refractivity contribution in [2.45, 2.75) is 91.3 Å². The summed E-state index contributed by atoms with van der Waals surface area (Å²) in [5.41, 5.74) is 1.36. The lowest BCUT2D eigenvalue weighted by Gasteiger charge is -2.44. The van der Waals surface area contributed by atoms with Gasteiger partial charge in [0.1, 0.15) is 5.82 Å². The zero-order chi connectivity index (χ0) is 26.2. The second-order valence-corrected chi connectivity index (χ2v) is 23.2. The van der Waals surface area contributed by atoms with E-state index in [2.05, 4.69) is 70.0 Å². The van der Waals surface area contributed by atoms with E-state index in [9.17, 15) is 0 Å². The summed E-state index contributed by atoms with van der Waals surface area (Å²) in [6.45, 7) is 21.3. The van der Waals surface area contributed by atoms with Crippen molar-refractivity contribution < 1.29 is 13.7 Å². The molecule has 0 spiro atoms. The Balaban J connectivity index is 0.000000387. The Morgan fingerprint density at radius 3 is 1.59 bits per heavy atom. The molecule has 0 atom stereocenters. The molecule has 0 amide bonds. The van der Waals surface area contributed by atoms with Crippen LogP contribution >= 0.6 is 0 Å². The Morgan fingerprint density at radius 1 is 0.706 bits per heavy atom. The third-order valence-electron chi connectivity index (χ3n) is 8.23. The fourth-order valence-corrected chi connectivity index (χ4v) is 18.1. The van der Waals surface area contributed by atoms with Gasteiger partial charge in [-0.2, -0.15) is 0 Å². The first-order valence-electron chi connectivity index (χ1n) is 10.6. The molecule has 1 heterocycles. The SMILES string of the molecule is CC1(C)OB(c2cc(F)c3c(c2)C(C)(C)C(C)(C)C3(C)C)OC1(C)C.S=S=S=S=S=S=S=S=S. The van der Waals surface area contributed by atoms with Gasteiger partial charge in [-0.3, -0.25) is 0 Å². The molecule has 0 unspecified atom stereocenters. The standard InChI is InChI=1S/C21H32BFO2.S9/c1-17(2)14-11-13(22-24-20(7,8)21(9,10)25-22)12-15(23)16(14)18(3,4)19(17,5)6;1-3-5-7-9-8-6-4-2/h11-12H,1-10H3;. The summed E-state index contributed by atoms with van der Waals surface area (Å²) in [4.78, 5) is 0. The number of hydrogen-bond acceptors (Lipinski definition) is 4. The lowest BCUT2D eigenvalue weighted by molar-refractivity contribution is 0.00578. The van der Waals surface area contributed by atoms with Crippen LogP contribution < -0.4 is 5.46 Å². The van der Waals surface area contributed by atoms with Gasteiger partial charge in [0.15, 0.2) is 0 Å². The monoisotopic (exact) mass is 634 g/mol. The Labute approximate surface area is 234 Å². The van der Waals surface area contributed by atoms with E-state index in [1.807, 2.05) is 27.7 Å². The van der Waals surface area contributed by atoms with Gasteiger partial charge in [0.25, 0.3) is 0 Å². The van der Waals surface area contributed by atoms with Gasteiger partial charge in [0.2, 0.25) is 0 Å². The molecule has 1 saturated heterocycles. The normalized spacial score (nSPS) is 21.9. The smallest absolute Gasteiger partial charge is 0.399 e. The van der Waals surface area contributed by atoms with E-state index in [4.69, 9.17) is 9.31 Å². The van der Waals surface area contributed by atoms with Crippen LogP contribution in [0.3, 0.4) is 0 Å². The summed E-state index contributed by atoms with van der Waals surface area (Å²) in [6.07, 6.45) is 0. The maximum absolute atomic E-state index is 15.3. The fraction of sp³-hybridized carbons (Fsp3) is 0.714. The lowest BCUT2D eigenvalue weighted by Crippen LogP contribution is -2.42. The first-order valence-corrected chi connectivity index (χ1v) is 21.3. The Hall–Kier alpha value is 1.11. The lowest BCUT2D eigenvalue weighted by atomic mass is 9.59. The summed E-state index contributed by atoms with van der Waals surface area (Å²) in [7, 11) is 10.4. The predicted molar refractivity (Wildman–Crippen MR) is 168 cm³/mol. The second kappa shape index (κ2) is 11.5. The van der Waals surface area contributed by atoms with Gasteiger partial charge < -0.3 is 9.31 Å². The highest BCUT2D eigenvalue weighted by molar-refractivity contribution is 8.72. The van der Waals surface area contributed by atoms with E-state index >= 15 is 4.39 Å². The molecule has 0 radical (unpaired) electrons. The summed E-state index contributed by atoms with van der Waals surface area (Å²) >= 11 is 9.27. The Morgan fingerprint density at radius 2 is 1.15 bits per heavy atom. The van der Waals surface area contributed by atoms with Gasteiger partial charge in [-0.15, -0.1) is 0 Å². The van der Waals surface area contributed by atoms with E-state index in [1.165, 1.54) is 17.8 Å². The predicted octanol–water partition coefficient (Wildman–Crippen LogP) is 4.70. The molecular formula is C21H32BFO2S9. The second-order valence-electron chi connectivity index (χ2n) is 10.9. The number of fused-ring (bicyclic) bond motifs is 1. The summed E-state index contributed by atoms with van der Waals surface area (Å²) in [6, 6.07) is 3.72. The van der Waals surface area contributed by atoms with Gasteiger partial charge in [-0.1, -0.05) is 47.6 Å². The summed E-state index contributed by atoms with van der Waals surface area (Å²) in [5, 5.41) is 0. The van der Waals surface area contributed by atoms with Crippen LogP contribution in [-0.4, -0.2) is 18.3 Å². The maximum Gasteiger partial charge on any atom is 0.494 e. The molecule has 3 rings (SSSR count). The molecule has 0 aromatic heterocycles. The molecule has 13 heteroatoms. The first-order chi connectivity index (χ1) is 15.5. The highest BCUT2D eigenvalue weighted by atomic mass is 33.4. The highest BCUT2D eigenvalue weighted by Crippen LogP contribution is 2.61. The van der Waals surface area contributed by atoms with Crippen molar-refractivity contribution in [2.75, 3.05) is 0 Å². The fourth-order valence-electron chi connectivity index (χ4n) is 4.36. The molecule has 1 aliphatic heterocycles. The average Bonchev–Trinajstić information content (AvgIpc) is 2.99. The molecule has 1 aromatic carbocycles. The Bertz CT molecular complexity index is 1220. The van der Waals surface area contributed by atoms with Crippen LogP contribution in [0.15, 0.2) is 12.1 Å². The maximum atomic E-state index is 15.3. The summed E-state index contributed by atoms with van der Waals surface area (Å²) in [5.74, 6) is -0.147. The van der Waals surface area contributed by atoms with Gasteiger partial charge in [-0.25, -0.2) is 4.39 Å². The van der Waals surface area contributed by atoms with Crippen LogP contribution in [-0.2, 0) is 105 Å². The molecule has 2 aliphatic rings. The van der Waals surface area contributed by atoms with Gasteiger partial charge >= 0.3 is 7.12 Å². The third kappa shape index (κ3) is 5.90. The van der Waals surface area contributed by atoms with Crippen molar-refractivity contribution in [1.82, 2.24) is 0 Å².